The van der Waals surface area contributed by atoms with Crippen molar-refractivity contribution >= 4 is 16.5 Å². The molecule has 21 heavy (non-hydrogen) atoms. The smallest absolute Gasteiger partial charge is 0.462 e. The average Bonchev–Trinajstić information content (AvgIpc) is 2.44. The van der Waals surface area contributed by atoms with Crippen LogP contribution in [0.2, 0.25) is 0 Å². The van der Waals surface area contributed by atoms with Gasteiger partial charge >= 0.3 is 16.5 Å². The van der Waals surface area contributed by atoms with Gasteiger partial charge in [-0.2, -0.15) is 8.42 Å². The first-order valence-corrected chi connectivity index (χ1v) is 7.66. The zero-order chi connectivity index (χ0) is 15.3. The van der Waals surface area contributed by atoms with Crippen LogP contribution < -0.4 is 4.18 Å². The van der Waals surface area contributed by atoms with Gasteiger partial charge in [0.05, 0.1) is 18.4 Å². The minimum atomic E-state index is -5.15. The standard InChI is InChI=1S/C13H14FNO5S/c14-21(17,18)20-12-6-11(7-15-8-12)13(16)19-9-10-4-2-1-3-5-10/h1-2,6-8,10H,3-5,9H2. The Morgan fingerprint density at radius 1 is 1.38 bits per heavy atom. The predicted octanol–water partition coefficient (Wildman–Crippen LogP) is 2.19. The number of carbonyl (C=O) groups excluding carboxylic acids is 1. The first-order chi connectivity index (χ1) is 9.94. The molecule has 114 valence electrons. The Morgan fingerprint density at radius 2 is 2.19 bits per heavy atom. The first kappa shape index (κ1) is 15.4. The lowest BCUT2D eigenvalue weighted by molar-refractivity contribution is 0.0431. The van der Waals surface area contributed by atoms with Gasteiger partial charge in [0.15, 0.2) is 5.75 Å². The zero-order valence-corrected chi connectivity index (χ0v) is 11.9. The summed E-state index contributed by atoms with van der Waals surface area (Å²) < 4.78 is 42.3. The highest BCUT2D eigenvalue weighted by atomic mass is 32.3. The first-order valence-electron chi connectivity index (χ1n) is 6.35. The Kier molecular flexibility index (Phi) is 4.89. The largest absolute Gasteiger partial charge is 0.488 e. The second kappa shape index (κ2) is 6.66. The van der Waals surface area contributed by atoms with E-state index >= 15 is 0 Å². The quantitative estimate of drug-likeness (QED) is 0.470. The summed E-state index contributed by atoms with van der Waals surface area (Å²) in [5.74, 6) is -0.760. The lowest BCUT2D eigenvalue weighted by Gasteiger charge is -2.17. The lowest BCUT2D eigenvalue weighted by atomic mass is 9.95. The molecule has 8 heteroatoms. The van der Waals surface area contributed by atoms with Crippen LogP contribution in [0.1, 0.15) is 29.6 Å². The van der Waals surface area contributed by atoms with E-state index in [1.54, 1.807) is 0 Å². The van der Waals surface area contributed by atoms with Crippen molar-refractivity contribution in [2.45, 2.75) is 19.3 Å². The highest BCUT2D eigenvalue weighted by Crippen LogP contribution is 2.19. The van der Waals surface area contributed by atoms with Crippen molar-refractivity contribution in [2.24, 2.45) is 5.92 Å². The van der Waals surface area contributed by atoms with Crippen LogP contribution in [0.5, 0.6) is 5.75 Å². The predicted molar refractivity (Wildman–Crippen MR) is 71.7 cm³/mol. The molecule has 6 nitrogen and oxygen atoms in total. The molecule has 1 aromatic rings. The van der Waals surface area contributed by atoms with Gasteiger partial charge in [-0.3, -0.25) is 4.98 Å². The molecule has 1 aliphatic carbocycles. The third-order valence-electron chi connectivity index (χ3n) is 2.97. The van der Waals surface area contributed by atoms with Crippen molar-refractivity contribution in [1.82, 2.24) is 4.98 Å². The number of esters is 1. The summed E-state index contributed by atoms with van der Waals surface area (Å²) in [4.78, 5) is 15.4. The summed E-state index contributed by atoms with van der Waals surface area (Å²) >= 11 is 0. The monoisotopic (exact) mass is 315 g/mol. The van der Waals surface area contributed by atoms with Crippen LogP contribution in [0, 0.1) is 5.92 Å². The molecule has 0 amide bonds. The molecule has 2 rings (SSSR count). The summed E-state index contributed by atoms with van der Waals surface area (Å²) in [5, 5.41) is 0. The number of ether oxygens (including phenoxy) is 1. The second-order valence-corrected chi connectivity index (χ2v) is 5.59. The van der Waals surface area contributed by atoms with Gasteiger partial charge in [0, 0.05) is 6.20 Å². The molecule has 1 aliphatic rings. The van der Waals surface area contributed by atoms with Crippen LogP contribution in [0.15, 0.2) is 30.6 Å². The van der Waals surface area contributed by atoms with Crippen LogP contribution in [-0.4, -0.2) is 26.0 Å². The normalized spacial score (nSPS) is 18.2. The van der Waals surface area contributed by atoms with Crippen molar-refractivity contribution in [1.29, 1.82) is 0 Å². The van der Waals surface area contributed by atoms with Crippen LogP contribution in [0.4, 0.5) is 3.89 Å². The maximum atomic E-state index is 12.4. The molecule has 0 aliphatic heterocycles. The lowest BCUT2D eigenvalue weighted by Crippen LogP contribution is -2.15. The van der Waals surface area contributed by atoms with E-state index in [0.29, 0.717) is 0 Å². The fourth-order valence-electron chi connectivity index (χ4n) is 1.98. The number of aromatic nitrogens is 1. The number of pyridine rings is 1. The molecule has 0 aromatic carbocycles. The molecule has 1 heterocycles. The number of nitrogens with zero attached hydrogens (tertiary/aromatic N) is 1. The Labute approximate surface area is 122 Å². The Hall–Kier alpha value is -1.96. The summed E-state index contributed by atoms with van der Waals surface area (Å²) in [5.41, 5.74) is 0.00232. The topological polar surface area (TPSA) is 82.6 Å². The van der Waals surface area contributed by atoms with Crippen LogP contribution in [0.25, 0.3) is 0 Å². The van der Waals surface area contributed by atoms with Crippen molar-refractivity contribution < 1.29 is 26.0 Å². The number of hydrogen-bond donors (Lipinski definition) is 0. The molecule has 1 atom stereocenters. The second-order valence-electron chi connectivity index (χ2n) is 4.63. The Balaban J connectivity index is 1.95. The fraction of sp³-hybridized carbons (Fsp3) is 0.385. The fourth-order valence-corrected chi connectivity index (χ4v) is 2.30. The molecule has 0 saturated carbocycles. The van der Waals surface area contributed by atoms with Gasteiger partial charge in [-0.05, 0) is 31.2 Å². The number of hydrogen-bond acceptors (Lipinski definition) is 6. The van der Waals surface area contributed by atoms with Crippen molar-refractivity contribution in [3.8, 4) is 5.75 Å². The van der Waals surface area contributed by atoms with E-state index in [0.717, 1.165) is 31.5 Å². The molecule has 0 bridgehead atoms. The molecule has 0 spiro atoms. The molecule has 0 radical (unpaired) electrons. The van der Waals surface area contributed by atoms with E-state index < -0.39 is 16.5 Å². The maximum Gasteiger partial charge on any atom is 0.488 e. The summed E-state index contributed by atoms with van der Waals surface area (Å²) in [6.45, 7) is 0.273. The van der Waals surface area contributed by atoms with Crippen molar-refractivity contribution in [2.75, 3.05) is 6.61 Å². The highest BCUT2D eigenvalue weighted by Gasteiger charge is 2.16. The molecule has 1 aromatic heterocycles. The minimum absolute atomic E-state index is 0.00232. The van der Waals surface area contributed by atoms with Crippen LogP contribution in [-0.2, 0) is 15.2 Å². The molecule has 0 N–H and O–H groups in total. The third kappa shape index (κ3) is 5.14. The van der Waals surface area contributed by atoms with Crippen LogP contribution in [0.3, 0.4) is 0 Å². The SMILES string of the molecule is O=C(OCC1CC=CCC1)c1cncc(OS(=O)(=O)F)c1. The van der Waals surface area contributed by atoms with Gasteiger partial charge in [-0.25, -0.2) is 4.79 Å². The van der Waals surface area contributed by atoms with E-state index in [-0.39, 0.29) is 23.8 Å². The summed E-state index contributed by atoms with van der Waals surface area (Å²) in [7, 11) is -5.15. The number of carbonyl (C=O) groups is 1. The van der Waals surface area contributed by atoms with E-state index in [1.807, 2.05) is 6.08 Å². The number of allylic oxidation sites excluding steroid dienone is 2. The Morgan fingerprint density at radius 3 is 2.86 bits per heavy atom. The molecular formula is C13H14FNO5S. The van der Waals surface area contributed by atoms with Gasteiger partial charge in [-0.1, -0.05) is 16.0 Å². The van der Waals surface area contributed by atoms with Gasteiger partial charge in [-0.15, -0.1) is 0 Å². The Bertz CT molecular complexity index is 644. The average molecular weight is 315 g/mol. The summed E-state index contributed by atoms with van der Waals surface area (Å²) in [6, 6.07) is 1.06. The molecule has 0 fully saturated rings. The van der Waals surface area contributed by atoms with E-state index in [9.17, 15) is 17.1 Å². The maximum absolute atomic E-state index is 12.4. The van der Waals surface area contributed by atoms with Crippen molar-refractivity contribution in [3.63, 3.8) is 0 Å². The third-order valence-corrected chi connectivity index (χ3v) is 3.36. The van der Waals surface area contributed by atoms with Gasteiger partial charge < -0.3 is 8.92 Å². The van der Waals surface area contributed by atoms with Gasteiger partial charge in [0.1, 0.15) is 0 Å². The van der Waals surface area contributed by atoms with E-state index in [2.05, 4.69) is 15.2 Å². The summed E-state index contributed by atoms with van der Waals surface area (Å²) in [6.07, 6.45) is 9.08. The number of rotatable bonds is 5. The van der Waals surface area contributed by atoms with E-state index in [4.69, 9.17) is 4.74 Å². The van der Waals surface area contributed by atoms with Gasteiger partial charge in [0.25, 0.3) is 0 Å². The van der Waals surface area contributed by atoms with Crippen LogP contribution >= 0.6 is 0 Å². The molecular weight excluding hydrogens is 301 g/mol. The zero-order valence-electron chi connectivity index (χ0n) is 11.1. The van der Waals surface area contributed by atoms with Gasteiger partial charge in [0.2, 0.25) is 0 Å². The molecule has 0 saturated heterocycles. The highest BCUT2D eigenvalue weighted by molar-refractivity contribution is 7.81. The molecule has 1 unspecified atom stereocenters. The van der Waals surface area contributed by atoms with Crippen molar-refractivity contribution in [3.05, 3.63) is 36.2 Å². The number of halogens is 1. The van der Waals surface area contributed by atoms with E-state index in [1.165, 1.54) is 6.20 Å². The minimum Gasteiger partial charge on any atom is -0.462 e.